The second-order valence-electron chi connectivity index (χ2n) is 8.44. The number of halogens is 1. The van der Waals surface area contributed by atoms with Crippen molar-refractivity contribution in [2.75, 3.05) is 10.6 Å². The van der Waals surface area contributed by atoms with E-state index in [1.54, 1.807) is 48.7 Å². The average molecular weight is 478 g/mol. The van der Waals surface area contributed by atoms with Crippen LogP contribution in [0, 0.1) is 5.82 Å². The maximum Gasteiger partial charge on any atom is 0.404 e. The molecule has 11 heteroatoms. The first-order chi connectivity index (χ1) is 17.0. The molecule has 1 saturated carbocycles. The molecule has 10 nitrogen and oxygen atoms in total. The molecular weight excluding hydrogens is 453 g/mol. The van der Waals surface area contributed by atoms with Gasteiger partial charge in [0.1, 0.15) is 17.1 Å². The normalized spacial score (nSPS) is 17.7. The van der Waals surface area contributed by atoms with Gasteiger partial charge < -0.3 is 26.2 Å². The van der Waals surface area contributed by atoms with Gasteiger partial charge in [0.2, 0.25) is 11.9 Å². The predicted molar refractivity (Wildman–Crippen MR) is 129 cm³/mol. The summed E-state index contributed by atoms with van der Waals surface area (Å²) in [5.74, 6) is 0.543. The van der Waals surface area contributed by atoms with Gasteiger partial charge in [-0.2, -0.15) is 4.98 Å². The van der Waals surface area contributed by atoms with Crippen molar-refractivity contribution in [1.82, 2.24) is 24.8 Å². The number of hydrogen-bond acceptors (Lipinski definition) is 7. The monoisotopic (exact) mass is 477 g/mol. The first-order valence-electron chi connectivity index (χ1n) is 11.3. The van der Waals surface area contributed by atoms with Crippen LogP contribution in [0.15, 0.2) is 54.7 Å². The van der Waals surface area contributed by atoms with E-state index in [2.05, 4.69) is 25.9 Å². The summed E-state index contributed by atoms with van der Waals surface area (Å²) in [7, 11) is 0. The molecule has 2 aromatic carbocycles. The smallest absolute Gasteiger partial charge is 0.404 e. The Labute approximate surface area is 199 Å². The molecule has 0 aliphatic heterocycles. The lowest BCUT2D eigenvalue weighted by Gasteiger charge is -2.30. The number of fused-ring (bicyclic) bond motifs is 1. The van der Waals surface area contributed by atoms with Crippen molar-refractivity contribution in [2.45, 2.75) is 37.8 Å². The Bertz CT molecular complexity index is 1350. The molecule has 35 heavy (non-hydrogen) atoms. The Morgan fingerprint density at radius 2 is 1.74 bits per heavy atom. The van der Waals surface area contributed by atoms with Crippen LogP contribution in [0.3, 0.4) is 0 Å². The number of carboxylic acid groups (broad SMARTS) is 1. The Morgan fingerprint density at radius 1 is 1.00 bits per heavy atom. The Kier molecular flexibility index (Phi) is 6.04. The zero-order valence-corrected chi connectivity index (χ0v) is 18.6. The summed E-state index contributed by atoms with van der Waals surface area (Å²) >= 11 is 0. The fourth-order valence-electron chi connectivity index (χ4n) is 4.40. The van der Waals surface area contributed by atoms with Gasteiger partial charge in [-0.3, -0.25) is 4.57 Å². The molecule has 0 atom stereocenters. The van der Waals surface area contributed by atoms with Gasteiger partial charge in [-0.15, -0.1) is 0 Å². The number of rotatable bonds is 6. The molecule has 0 spiro atoms. The molecule has 0 radical (unpaired) electrons. The number of aromatic hydroxyl groups is 1. The van der Waals surface area contributed by atoms with Crippen molar-refractivity contribution in [3.05, 3.63) is 60.5 Å². The summed E-state index contributed by atoms with van der Waals surface area (Å²) < 4.78 is 16.3. The topological polar surface area (TPSA) is 137 Å². The maximum atomic E-state index is 14.4. The number of anilines is 4. The highest BCUT2D eigenvalue weighted by Gasteiger charge is 2.28. The van der Waals surface area contributed by atoms with E-state index in [0.29, 0.717) is 60.1 Å². The van der Waals surface area contributed by atoms with Crippen LogP contribution >= 0.6 is 0 Å². The second kappa shape index (κ2) is 9.45. The quantitative estimate of drug-likeness (QED) is 0.247. The lowest BCUT2D eigenvalue weighted by Crippen LogP contribution is -2.37. The van der Waals surface area contributed by atoms with Crippen molar-refractivity contribution in [3.63, 3.8) is 0 Å². The van der Waals surface area contributed by atoms with E-state index in [4.69, 9.17) is 10.1 Å². The van der Waals surface area contributed by atoms with E-state index < -0.39 is 11.9 Å². The number of para-hydroxylation sites is 1. The second-order valence-corrected chi connectivity index (χ2v) is 8.44. The van der Waals surface area contributed by atoms with Gasteiger partial charge >= 0.3 is 6.09 Å². The third-order valence-corrected chi connectivity index (χ3v) is 6.07. The Morgan fingerprint density at radius 3 is 2.46 bits per heavy atom. The lowest BCUT2D eigenvalue weighted by atomic mass is 9.91. The maximum absolute atomic E-state index is 14.4. The zero-order chi connectivity index (χ0) is 24.4. The molecule has 0 unspecified atom stereocenters. The van der Waals surface area contributed by atoms with E-state index >= 15 is 0 Å². The van der Waals surface area contributed by atoms with Crippen molar-refractivity contribution < 1.29 is 19.4 Å². The van der Waals surface area contributed by atoms with Crippen molar-refractivity contribution >= 4 is 40.5 Å². The number of aromatic nitrogens is 4. The van der Waals surface area contributed by atoms with Gasteiger partial charge in [-0.1, -0.05) is 12.1 Å². The highest BCUT2D eigenvalue weighted by molar-refractivity contribution is 5.77. The molecule has 5 rings (SSSR count). The van der Waals surface area contributed by atoms with Crippen molar-refractivity contribution in [1.29, 1.82) is 0 Å². The standard InChI is InChI=1S/C24H24FN7O3/c25-18-3-1-2-4-19(18)29-23-30-20-13-26-22(27-14-7-11-17(33)12-8-14)31-21(20)32(23)16-9-5-15(6-10-16)28-24(34)35/h1-4,7-8,11-13,15-16,28,33H,5-6,9-10H2,(H,29,30)(H,34,35)(H,26,27,31). The number of nitrogens with one attached hydrogen (secondary N) is 3. The van der Waals surface area contributed by atoms with Crippen LogP contribution in [0.4, 0.5) is 32.5 Å². The van der Waals surface area contributed by atoms with E-state index in [9.17, 15) is 14.3 Å². The van der Waals surface area contributed by atoms with E-state index in [0.717, 1.165) is 0 Å². The van der Waals surface area contributed by atoms with Gasteiger partial charge in [-0.25, -0.2) is 19.2 Å². The SMILES string of the molecule is O=C(O)NC1CCC(n2c(Nc3ccccc3F)nc3cnc(Nc4ccc(O)cc4)nc32)CC1. The lowest BCUT2D eigenvalue weighted by molar-refractivity contribution is 0.183. The van der Waals surface area contributed by atoms with Gasteiger partial charge in [0.15, 0.2) is 5.65 Å². The summed E-state index contributed by atoms with van der Waals surface area (Å²) in [5.41, 5.74) is 2.12. The Hall–Kier alpha value is -4.41. The molecule has 2 heterocycles. The highest BCUT2D eigenvalue weighted by Crippen LogP contribution is 2.35. The number of phenolic OH excluding ortho intramolecular Hbond substituents is 1. The van der Waals surface area contributed by atoms with Crippen LogP contribution in [0.1, 0.15) is 31.7 Å². The largest absolute Gasteiger partial charge is 0.508 e. The number of amides is 1. The molecule has 1 aliphatic carbocycles. The number of phenols is 1. The number of hydrogen-bond donors (Lipinski definition) is 5. The summed E-state index contributed by atoms with van der Waals surface area (Å²) in [6, 6.07) is 12.8. The highest BCUT2D eigenvalue weighted by atomic mass is 19.1. The zero-order valence-electron chi connectivity index (χ0n) is 18.6. The van der Waals surface area contributed by atoms with E-state index in [1.807, 2.05) is 4.57 Å². The van der Waals surface area contributed by atoms with Gasteiger partial charge in [-0.05, 0) is 62.1 Å². The fourth-order valence-corrected chi connectivity index (χ4v) is 4.40. The van der Waals surface area contributed by atoms with Crippen molar-refractivity contribution in [3.8, 4) is 5.75 Å². The summed E-state index contributed by atoms with van der Waals surface area (Å²) in [6.45, 7) is 0. The molecule has 180 valence electrons. The van der Waals surface area contributed by atoms with Crippen LogP contribution in [-0.4, -0.2) is 41.9 Å². The average Bonchev–Trinajstić information content (AvgIpc) is 3.19. The molecular formula is C24H24FN7O3. The van der Waals surface area contributed by atoms with Gasteiger partial charge in [0.25, 0.3) is 0 Å². The molecule has 5 N–H and O–H groups in total. The van der Waals surface area contributed by atoms with Gasteiger partial charge in [0.05, 0.1) is 11.9 Å². The summed E-state index contributed by atoms with van der Waals surface area (Å²) in [6.07, 6.45) is 3.31. The van der Waals surface area contributed by atoms with Crippen molar-refractivity contribution in [2.24, 2.45) is 0 Å². The molecule has 1 aliphatic rings. The van der Waals surface area contributed by atoms with Crippen LogP contribution in [0.2, 0.25) is 0 Å². The van der Waals surface area contributed by atoms with Crippen LogP contribution < -0.4 is 16.0 Å². The molecule has 1 fully saturated rings. The third kappa shape index (κ3) is 4.93. The minimum absolute atomic E-state index is 0.0162. The van der Waals surface area contributed by atoms with E-state index in [-0.39, 0.29) is 17.8 Å². The predicted octanol–water partition coefficient (Wildman–Crippen LogP) is 4.91. The first-order valence-corrected chi connectivity index (χ1v) is 11.3. The van der Waals surface area contributed by atoms with Crippen LogP contribution in [-0.2, 0) is 0 Å². The minimum atomic E-state index is -1.03. The molecule has 1 amide bonds. The van der Waals surface area contributed by atoms with Gasteiger partial charge in [0, 0.05) is 17.8 Å². The number of imidazole rings is 1. The first kappa shape index (κ1) is 22.4. The Balaban J connectivity index is 1.50. The molecule has 0 saturated heterocycles. The minimum Gasteiger partial charge on any atom is -0.508 e. The summed E-state index contributed by atoms with van der Waals surface area (Å²) in [5, 5.41) is 27.3. The molecule has 4 aromatic rings. The number of nitrogens with zero attached hydrogens (tertiary/aromatic N) is 4. The fraction of sp³-hybridized carbons (Fsp3) is 0.250. The summed E-state index contributed by atoms with van der Waals surface area (Å²) in [4.78, 5) is 24.7. The van der Waals surface area contributed by atoms with Crippen LogP contribution in [0.5, 0.6) is 5.75 Å². The van der Waals surface area contributed by atoms with Crippen LogP contribution in [0.25, 0.3) is 11.2 Å². The third-order valence-electron chi connectivity index (χ3n) is 6.07. The number of carbonyl (C=O) groups is 1. The van der Waals surface area contributed by atoms with E-state index in [1.165, 1.54) is 6.07 Å². The molecule has 0 bridgehead atoms. The number of benzene rings is 2. The molecule has 2 aromatic heterocycles.